The van der Waals surface area contributed by atoms with Gasteiger partial charge in [0.2, 0.25) is 9.84 Å². The minimum atomic E-state index is -3.80. The summed E-state index contributed by atoms with van der Waals surface area (Å²) in [4.78, 5) is 4.85. The van der Waals surface area contributed by atoms with Crippen molar-refractivity contribution < 1.29 is 8.42 Å². The Bertz CT molecular complexity index is 1090. The van der Waals surface area contributed by atoms with Crippen molar-refractivity contribution in [1.29, 1.82) is 0 Å². The molecule has 3 aromatic rings. The molecule has 138 valence electrons. The number of benzene rings is 1. The molecule has 6 nitrogen and oxygen atoms in total. The van der Waals surface area contributed by atoms with Crippen molar-refractivity contribution in [3.05, 3.63) is 51.9 Å². The summed E-state index contributed by atoms with van der Waals surface area (Å²) in [6.45, 7) is 6.15. The second kappa shape index (κ2) is 6.98. The van der Waals surface area contributed by atoms with Crippen LogP contribution in [-0.4, -0.2) is 29.6 Å². The summed E-state index contributed by atoms with van der Waals surface area (Å²) >= 11 is 6.00. The maximum atomic E-state index is 13.3. The fourth-order valence-corrected chi connectivity index (χ4v) is 5.05. The molecule has 0 amide bonds. The van der Waals surface area contributed by atoms with Crippen molar-refractivity contribution in [2.24, 2.45) is 5.73 Å². The molecule has 0 saturated carbocycles. The highest BCUT2D eigenvalue weighted by atomic mass is 35.5. The van der Waals surface area contributed by atoms with Crippen LogP contribution in [0.15, 0.2) is 34.1 Å². The second-order valence-electron chi connectivity index (χ2n) is 6.13. The van der Waals surface area contributed by atoms with Gasteiger partial charge in [0.25, 0.3) is 0 Å². The third-order valence-corrected chi connectivity index (χ3v) is 6.52. The summed E-state index contributed by atoms with van der Waals surface area (Å²) in [5.74, 6) is 0. The Morgan fingerprint density at radius 2 is 2.00 bits per heavy atom. The maximum absolute atomic E-state index is 13.3. The van der Waals surface area contributed by atoms with Crippen molar-refractivity contribution >= 4 is 27.1 Å². The van der Waals surface area contributed by atoms with Gasteiger partial charge in [-0.2, -0.15) is 5.10 Å². The SMILES string of the molecule is CCc1nn2c(C)c(CCN)c(C)nc2c1S(=O)(=O)c1cccc(Cl)c1. The molecule has 0 saturated heterocycles. The standard InChI is InChI=1S/C18H21ClN4O2S/c1-4-16-17(26(24,25)14-7-5-6-13(19)10-14)18-21-11(2)15(8-9-20)12(3)23(18)22-16/h5-7,10H,4,8-9,20H2,1-3H3. The molecule has 2 N–H and O–H groups in total. The summed E-state index contributed by atoms with van der Waals surface area (Å²) in [6.07, 6.45) is 1.14. The highest BCUT2D eigenvalue weighted by Gasteiger charge is 2.29. The molecule has 0 fully saturated rings. The van der Waals surface area contributed by atoms with E-state index in [1.165, 1.54) is 12.1 Å². The zero-order valence-electron chi connectivity index (χ0n) is 15.0. The molecule has 0 atom stereocenters. The van der Waals surface area contributed by atoms with Crippen LogP contribution >= 0.6 is 11.6 Å². The van der Waals surface area contributed by atoms with Crippen LogP contribution in [0.25, 0.3) is 5.65 Å². The summed E-state index contributed by atoms with van der Waals surface area (Å²) < 4.78 is 28.2. The van der Waals surface area contributed by atoms with Crippen LogP contribution in [0, 0.1) is 13.8 Å². The number of rotatable bonds is 5. The Morgan fingerprint density at radius 1 is 1.27 bits per heavy atom. The summed E-state index contributed by atoms with van der Waals surface area (Å²) in [5.41, 5.74) is 9.16. The number of halogens is 1. The van der Waals surface area contributed by atoms with E-state index < -0.39 is 9.84 Å². The fourth-order valence-electron chi connectivity index (χ4n) is 3.15. The molecule has 3 rings (SSSR count). The number of aryl methyl sites for hydroxylation is 3. The lowest BCUT2D eigenvalue weighted by Gasteiger charge is -2.10. The lowest BCUT2D eigenvalue weighted by Crippen LogP contribution is -2.11. The van der Waals surface area contributed by atoms with Crippen molar-refractivity contribution in [3.63, 3.8) is 0 Å². The van der Waals surface area contributed by atoms with Gasteiger partial charge in [-0.25, -0.2) is 17.9 Å². The van der Waals surface area contributed by atoms with Crippen molar-refractivity contribution in [1.82, 2.24) is 14.6 Å². The first kappa shape index (κ1) is 18.8. The quantitative estimate of drug-likeness (QED) is 0.720. The van der Waals surface area contributed by atoms with Gasteiger partial charge >= 0.3 is 0 Å². The van der Waals surface area contributed by atoms with E-state index >= 15 is 0 Å². The van der Waals surface area contributed by atoms with Crippen LogP contribution in [0.5, 0.6) is 0 Å². The van der Waals surface area contributed by atoms with Gasteiger partial charge in [0.05, 0.1) is 10.6 Å². The van der Waals surface area contributed by atoms with Crippen LogP contribution in [0.4, 0.5) is 0 Å². The molecule has 0 spiro atoms. The van der Waals surface area contributed by atoms with Gasteiger partial charge < -0.3 is 5.73 Å². The van der Waals surface area contributed by atoms with Crippen LogP contribution in [-0.2, 0) is 22.7 Å². The lowest BCUT2D eigenvalue weighted by molar-refractivity contribution is 0.595. The normalized spacial score (nSPS) is 12.0. The molecule has 8 heteroatoms. The van der Waals surface area contributed by atoms with Crippen LogP contribution < -0.4 is 5.73 Å². The smallest absolute Gasteiger partial charge is 0.212 e. The minimum Gasteiger partial charge on any atom is -0.330 e. The predicted molar refractivity (Wildman–Crippen MR) is 102 cm³/mol. The largest absolute Gasteiger partial charge is 0.330 e. The second-order valence-corrected chi connectivity index (χ2v) is 8.45. The van der Waals surface area contributed by atoms with E-state index in [1.54, 1.807) is 16.6 Å². The third-order valence-electron chi connectivity index (χ3n) is 4.46. The molecule has 0 unspecified atom stereocenters. The average molecular weight is 393 g/mol. The zero-order valence-corrected chi connectivity index (χ0v) is 16.5. The molecular formula is C18H21ClN4O2S. The molecule has 0 aliphatic heterocycles. The van der Waals surface area contributed by atoms with E-state index in [1.807, 2.05) is 20.8 Å². The summed E-state index contributed by atoms with van der Waals surface area (Å²) in [7, 11) is -3.80. The molecule has 0 bridgehead atoms. The monoisotopic (exact) mass is 392 g/mol. The molecule has 0 aliphatic rings. The van der Waals surface area contributed by atoms with Gasteiger partial charge in [-0.05, 0) is 57.0 Å². The highest BCUT2D eigenvalue weighted by Crippen LogP contribution is 2.30. The Balaban J connectivity index is 2.36. The van der Waals surface area contributed by atoms with E-state index in [0.717, 1.165) is 17.0 Å². The van der Waals surface area contributed by atoms with E-state index in [0.29, 0.717) is 35.8 Å². The molecule has 2 heterocycles. The predicted octanol–water partition coefficient (Wildman–Crippen LogP) is 2.90. The van der Waals surface area contributed by atoms with E-state index in [-0.39, 0.29) is 9.79 Å². The molecule has 0 radical (unpaired) electrons. The summed E-state index contributed by atoms with van der Waals surface area (Å²) in [6, 6.07) is 6.24. The van der Waals surface area contributed by atoms with Gasteiger partial charge in [0.15, 0.2) is 5.65 Å². The first-order valence-electron chi connectivity index (χ1n) is 8.39. The van der Waals surface area contributed by atoms with Gasteiger partial charge in [-0.1, -0.05) is 24.6 Å². The number of aromatic nitrogens is 3. The summed E-state index contributed by atoms with van der Waals surface area (Å²) in [5, 5.41) is 4.90. The molecular weight excluding hydrogens is 372 g/mol. The van der Waals surface area contributed by atoms with Crippen molar-refractivity contribution in [3.8, 4) is 0 Å². The van der Waals surface area contributed by atoms with Gasteiger partial charge in [0, 0.05) is 16.4 Å². The molecule has 26 heavy (non-hydrogen) atoms. The third kappa shape index (κ3) is 3.00. The Kier molecular flexibility index (Phi) is 5.05. The first-order chi connectivity index (χ1) is 12.3. The zero-order chi connectivity index (χ0) is 19.1. The van der Waals surface area contributed by atoms with Gasteiger partial charge in [0.1, 0.15) is 4.90 Å². The average Bonchev–Trinajstić information content (AvgIpc) is 2.98. The van der Waals surface area contributed by atoms with Crippen molar-refractivity contribution in [2.45, 2.75) is 43.4 Å². The minimum absolute atomic E-state index is 0.137. The Morgan fingerprint density at radius 3 is 2.62 bits per heavy atom. The van der Waals surface area contributed by atoms with E-state index in [2.05, 4.69) is 10.1 Å². The van der Waals surface area contributed by atoms with Gasteiger partial charge in [-0.15, -0.1) is 0 Å². The lowest BCUT2D eigenvalue weighted by atomic mass is 10.1. The van der Waals surface area contributed by atoms with E-state index in [9.17, 15) is 8.42 Å². The Labute approximate surface area is 157 Å². The number of nitrogens with two attached hydrogens (primary N) is 1. The molecule has 0 aliphatic carbocycles. The maximum Gasteiger partial charge on any atom is 0.212 e. The topological polar surface area (TPSA) is 90.3 Å². The number of hydrogen-bond donors (Lipinski definition) is 1. The number of sulfone groups is 1. The van der Waals surface area contributed by atoms with Crippen LogP contribution in [0.2, 0.25) is 5.02 Å². The van der Waals surface area contributed by atoms with Gasteiger partial charge in [-0.3, -0.25) is 0 Å². The first-order valence-corrected chi connectivity index (χ1v) is 10.3. The molecule has 2 aromatic heterocycles. The van der Waals surface area contributed by atoms with E-state index in [4.69, 9.17) is 17.3 Å². The highest BCUT2D eigenvalue weighted by molar-refractivity contribution is 7.91. The Hall–Kier alpha value is -1.96. The fraction of sp³-hybridized carbons (Fsp3) is 0.333. The number of nitrogens with zero attached hydrogens (tertiary/aromatic N) is 3. The number of fused-ring (bicyclic) bond motifs is 1. The van der Waals surface area contributed by atoms with Crippen LogP contribution in [0.3, 0.4) is 0 Å². The molecule has 1 aromatic carbocycles. The van der Waals surface area contributed by atoms with Crippen LogP contribution in [0.1, 0.15) is 29.6 Å². The number of hydrogen-bond acceptors (Lipinski definition) is 5. The van der Waals surface area contributed by atoms with Crippen molar-refractivity contribution in [2.75, 3.05) is 6.54 Å².